The highest BCUT2D eigenvalue weighted by Gasteiger charge is 2.57. The molecule has 8 aromatic rings. The number of alkyl halides is 2. The molecule has 6 aromatic heterocycles. The summed E-state index contributed by atoms with van der Waals surface area (Å²) >= 11 is 1.89. The van der Waals surface area contributed by atoms with E-state index in [1.54, 1.807) is 38.1 Å². The van der Waals surface area contributed by atoms with Gasteiger partial charge in [0.2, 0.25) is 25.9 Å². The van der Waals surface area contributed by atoms with Gasteiger partial charge in [-0.3, -0.25) is 37.8 Å². The van der Waals surface area contributed by atoms with Gasteiger partial charge < -0.3 is 32.8 Å². The Balaban J connectivity index is 0.797. The van der Waals surface area contributed by atoms with Crippen LogP contribution >= 0.6 is 22.7 Å². The number of nitrogens with one attached hydrogen (secondary N) is 2. The normalized spacial score (nSPS) is 22.2. The van der Waals surface area contributed by atoms with Crippen LogP contribution in [-0.4, -0.2) is 127 Å². The fraction of sp³-hybridized carbons (Fsp3) is 0.537. The van der Waals surface area contributed by atoms with Crippen molar-refractivity contribution in [1.82, 2.24) is 47.7 Å². The van der Waals surface area contributed by atoms with E-state index >= 15 is 23.6 Å². The van der Waals surface area contributed by atoms with Gasteiger partial charge >= 0.3 is 18.0 Å². The Kier molecular flexibility index (Phi) is 17.9. The van der Waals surface area contributed by atoms with Crippen LogP contribution in [0.15, 0.2) is 84.7 Å². The zero-order valence-electron chi connectivity index (χ0n) is 56.4. The van der Waals surface area contributed by atoms with Gasteiger partial charge in [0.15, 0.2) is 0 Å². The number of aryl methyl sites for hydroxylation is 2. The largest absolute Gasteiger partial charge is 0.496 e. The number of hydrogen-bond acceptors (Lipinski definition) is 22. The van der Waals surface area contributed by atoms with E-state index < -0.39 is 118 Å². The van der Waals surface area contributed by atoms with Gasteiger partial charge in [-0.2, -0.15) is 19.0 Å². The summed E-state index contributed by atoms with van der Waals surface area (Å²) in [6, 6.07) is 10.0. The molecule has 0 spiro atoms. The molecule has 34 heteroatoms. The van der Waals surface area contributed by atoms with Gasteiger partial charge in [-0.1, -0.05) is 29.5 Å². The molecule has 2 unspecified atom stereocenters. The molecule has 2 aliphatic carbocycles. The van der Waals surface area contributed by atoms with E-state index in [1.807, 2.05) is 0 Å². The third-order valence-corrected chi connectivity index (χ3v) is 27.7. The number of thiophene rings is 2. The monoisotopic (exact) mass is 1480 g/mol. The molecule has 27 nitrogen and oxygen atoms in total. The van der Waals surface area contributed by atoms with Gasteiger partial charge in [-0.05, 0) is 155 Å². The first-order valence-corrected chi connectivity index (χ1v) is 37.9. The predicted octanol–water partition coefficient (Wildman–Crippen LogP) is 7.99. The van der Waals surface area contributed by atoms with E-state index in [0.717, 1.165) is 75.7 Å². The van der Waals surface area contributed by atoms with E-state index in [4.69, 9.17) is 37.9 Å². The van der Waals surface area contributed by atoms with Gasteiger partial charge in [0.1, 0.15) is 61.5 Å². The number of nitrogens with zero attached hydrogens (tertiary/aromatic N) is 8. The van der Waals surface area contributed by atoms with Gasteiger partial charge in [-0.25, -0.2) is 44.9 Å². The molecule has 2 N–H and O–H groups in total. The highest BCUT2D eigenvalue weighted by Crippen LogP contribution is 2.48. The van der Waals surface area contributed by atoms with Gasteiger partial charge in [0.05, 0.1) is 100 Å². The topological polar surface area (TPSA) is 327 Å². The minimum absolute atomic E-state index is 0.00885. The number of amides is 2. The number of aromatic nitrogens is 8. The van der Waals surface area contributed by atoms with E-state index in [1.165, 1.54) is 69.7 Å². The molecule has 2 saturated carbocycles. The number of fused-ring (bicyclic) bond motifs is 6. The molecule has 540 valence electrons. The number of ether oxygens (including phenoxy) is 6. The molecule has 14 rings (SSSR count). The van der Waals surface area contributed by atoms with Crippen LogP contribution in [0.5, 0.6) is 11.5 Å². The number of carbonyl (C=O) groups is 2. The average molecular weight is 1480 g/mol. The quantitative estimate of drug-likeness (QED) is 0.0547. The summed E-state index contributed by atoms with van der Waals surface area (Å²) < 4.78 is 148. The molecule has 4 saturated heterocycles. The number of benzene rings is 2. The number of sulfonamides is 2. The Labute approximate surface area is 583 Å². The van der Waals surface area contributed by atoms with Crippen molar-refractivity contribution in [1.29, 1.82) is 0 Å². The van der Waals surface area contributed by atoms with Crippen molar-refractivity contribution in [2.24, 2.45) is 0 Å². The predicted molar refractivity (Wildman–Crippen MR) is 362 cm³/mol. The van der Waals surface area contributed by atoms with Crippen LogP contribution in [0, 0.1) is 19.7 Å². The van der Waals surface area contributed by atoms with Crippen molar-refractivity contribution >= 4 is 75.0 Å². The van der Waals surface area contributed by atoms with E-state index in [2.05, 4.69) is 19.5 Å². The second-order valence-electron chi connectivity index (χ2n) is 28.4. The number of halogens is 3. The molecule has 2 amide bonds. The molecular formula is C67H75F3N10O17S4. The van der Waals surface area contributed by atoms with Crippen molar-refractivity contribution < 1.29 is 72.4 Å². The summed E-state index contributed by atoms with van der Waals surface area (Å²) in [5, 5.41) is 9.30. The van der Waals surface area contributed by atoms with Crippen LogP contribution in [0.4, 0.5) is 13.2 Å². The minimum atomic E-state index is -4.78. The van der Waals surface area contributed by atoms with Crippen LogP contribution in [0.25, 0.3) is 36.2 Å². The van der Waals surface area contributed by atoms with E-state index in [9.17, 15) is 35.2 Å². The highest BCUT2D eigenvalue weighted by molar-refractivity contribution is 7.92. The van der Waals surface area contributed by atoms with Crippen molar-refractivity contribution in [2.45, 2.75) is 221 Å². The summed E-state index contributed by atoms with van der Waals surface area (Å²) in [7, 11) is -7.54. The fourth-order valence-electron chi connectivity index (χ4n) is 14.5. The Bertz CT molecular complexity index is 5100. The summed E-state index contributed by atoms with van der Waals surface area (Å²) in [4.78, 5) is 96.5. The van der Waals surface area contributed by atoms with Crippen LogP contribution in [0.1, 0.15) is 152 Å². The summed E-state index contributed by atoms with van der Waals surface area (Å²) in [5.74, 6) is -3.20. The second-order valence-corrected chi connectivity index (χ2v) is 34.7. The smallest absolute Gasteiger partial charge is 0.387 e. The lowest BCUT2D eigenvalue weighted by molar-refractivity contribution is -0.127. The molecule has 2 aromatic carbocycles. The molecule has 101 heavy (non-hydrogen) atoms. The minimum Gasteiger partial charge on any atom is -0.496 e. The molecule has 6 aliphatic rings. The lowest BCUT2D eigenvalue weighted by Crippen LogP contribution is -2.57. The molecule has 0 radical (unpaired) electrons. The van der Waals surface area contributed by atoms with E-state index in [0.29, 0.717) is 59.3 Å². The third-order valence-electron chi connectivity index (χ3n) is 20.8. The summed E-state index contributed by atoms with van der Waals surface area (Å²) in [6.45, 7) is 5.39. The maximum Gasteiger partial charge on any atom is 0.387 e. The Morgan fingerprint density at radius 3 is 1.78 bits per heavy atom. The number of rotatable bonds is 25. The lowest BCUT2D eigenvalue weighted by Gasteiger charge is -2.33. The first-order valence-electron chi connectivity index (χ1n) is 33.3. The van der Waals surface area contributed by atoms with Gasteiger partial charge in [-0.15, -0.1) is 16.1 Å². The number of oxazole rings is 1. The molecule has 4 bridgehead atoms. The average Bonchev–Trinajstić information content (AvgIpc) is 1.66. The molecule has 4 aliphatic heterocycles. The van der Waals surface area contributed by atoms with Gasteiger partial charge in [0, 0.05) is 23.1 Å². The van der Waals surface area contributed by atoms with Crippen LogP contribution < -0.4 is 41.4 Å². The zero-order chi connectivity index (χ0) is 71.8. The second kappa shape index (κ2) is 25.8. The number of methoxy groups -OCH3 is 1. The zero-order valence-corrected chi connectivity index (χ0v) is 59.6. The SMILES string of the molecule is COc1ccccc1[C@H](Cn1c(=O)n(C(C)(C)C(=O)NS(=O)(=O)C2(C)CC2)c(=O)c2c(C)c(-n3ncc(CC4(S(=O)(=O)NC(=O)C(C)(C)n5c(=O)c6c(C)c(-c7ncco7)sc6n(C[C@H](OC6C[C@H]7CC[C@@H](C6)O7)c6cc(F)ccc6OC(F)F)c5=O)CC4)n3)sc21)OC1C[C@H]2CC[C@@H](C1)O2. The molecule has 8 atom stereocenters. The molecular weight excluding hydrogens is 1400 g/mol. The van der Waals surface area contributed by atoms with Crippen LogP contribution in [0.3, 0.4) is 0 Å². The van der Waals surface area contributed by atoms with Crippen molar-refractivity contribution in [3.05, 3.63) is 137 Å². The first-order chi connectivity index (χ1) is 47.8. The number of carbonyl (C=O) groups excluding carboxylic acids is 2. The third kappa shape index (κ3) is 12.7. The summed E-state index contributed by atoms with van der Waals surface area (Å²) in [5.41, 5.74) is -7.52. The Hall–Kier alpha value is -7.86. The van der Waals surface area contributed by atoms with Crippen molar-refractivity contribution in [3.8, 4) is 27.3 Å². The van der Waals surface area contributed by atoms with Crippen molar-refractivity contribution in [2.75, 3.05) is 7.11 Å². The van der Waals surface area contributed by atoms with Crippen LogP contribution in [-0.2, 0) is 79.2 Å². The number of hydrogen-bond donors (Lipinski definition) is 2. The maximum atomic E-state index is 15.5. The van der Waals surface area contributed by atoms with Gasteiger partial charge in [0.25, 0.3) is 22.9 Å². The summed E-state index contributed by atoms with van der Waals surface area (Å²) in [6.07, 6.45) is 5.69. The lowest BCUT2D eigenvalue weighted by atomic mass is 10.0. The number of para-hydroxylation sites is 1. The van der Waals surface area contributed by atoms with Crippen LogP contribution in [0.2, 0.25) is 0 Å². The first kappa shape index (κ1) is 70.2. The Morgan fingerprint density at radius 2 is 1.26 bits per heavy atom. The molecule has 10 heterocycles. The Morgan fingerprint density at radius 1 is 0.723 bits per heavy atom. The fourth-order valence-corrected chi connectivity index (χ4v) is 20.1. The standard InChI is InChI=1S/C67H75F3N10O17S4/c1-34-50-54(81)78(62(85)76(57(50)98-52(34)53-71-23-24-92-53)33-49(96-43-28-40-16-17-41(29-43)94-40)45-25-36(68)13-18-47(45)97-61(69)70)65(5,6)60(84)75-101(89,90)67(21-22-67)30-37-31-72-80(73-37)56-35(2)51-55(82)79(64(3,4)59(83)74-100(87,88)66(7)19-20-66)63(86)77(58(51)99-56)32-48(44-11-9-10-12-46(44)91-8)95-42-26-38-14-15-39(27-42)93-38/h9-13,18,23-25,31,38-43,48-49,61H,14-17,19-22,26-30,32-33H2,1-8H3,(H,74,83)(H,75,84)/t38-,39+,40-,41+,42?,43?,48-,49-/m0/s1. The molecule has 6 fully saturated rings. The maximum absolute atomic E-state index is 15.5. The van der Waals surface area contributed by atoms with E-state index in [-0.39, 0.29) is 110 Å². The van der Waals surface area contributed by atoms with Crippen molar-refractivity contribution in [3.63, 3.8) is 0 Å². The highest BCUT2D eigenvalue weighted by atomic mass is 32.2.